The third kappa shape index (κ3) is 14.7. The first kappa shape index (κ1) is 45.1. The van der Waals surface area contributed by atoms with E-state index in [-0.39, 0.29) is 30.2 Å². The first-order valence-electron chi connectivity index (χ1n) is 19.9. The van der Waals surface area contributed by atoms with Crippen LogP contribution in [0.15, 0.2) is 54.7 Å². The largest absolute Gasteiger partial charge is 0.387 e. The highest BCUT2D eigenvalue weighted by Crippen LogP contribution is 2.27. The molecule has 1 atom stereocenters. The molecule has 4 N–H and O–H groups in total. The molecular weight excluding hydrogens is 794 g/mol. The summed E-state index contributed by atoms with van der Waals surface area (Å²) in [7, 11) is 1.87. The minimum atomic E-state index is -0.351. The van der Waals surface area contributed by atoms with Gasteiger partial charge in [-0.3, -0.25) is 29.4 Å². The van der Waals surface area contributed by atoms with E-state index in [1.165, 1.54) is 16.9 Å². The van der Waals surface area contributed by atoms with Crippen molar-refractivity contribution in [1.29, 1.82) is 0 Å². The second-order valence-electron chi connectivity index (χ2n) is 14.2. The Morgan fingerprint density at radius 2 is 1.75 bits per heavy atom. The lowest BCUT2D eigenvalue weighted by Crippen LogP contribution is -2.47. The van der Waals surface area contributed by atoms with E-state index in [1.54, 1.807) is 30.5 Å². The summed E-state index contributed by atoms with van der Waals surface area (Å²) in [6.45, 7) is 10.1. The summed E-state index contributed by atoms with van der Waals surface area (Å²) in [5, 5.41) is 12.8. The maximum atomic E-state index is 12.2. The van der Waals surface area contributed by atoms with Crippen LogP contribution < -0.4 is 26.2 Å². The number of rotatable bonds is 19. The predicted octanol–water partition coefficient (Wildman–Crippen LogP) is 6.36. The predicted molar refractivity (Wildman–Crippen MR) is 232 cm³/mol. The first-order chi connectivity index (χ1) is 28.6. The second kappa shape index (κ2) is 23.6. The van der Waals surface area contributed by atoms with Gasteiger partial charge in [0, 0.05) is 58.0 Å². The van der Waals surface area contributed by atoms with E-state index < -0.39 is 0 Å². The number of piperazine rings is 1. The van der Waals surface area contributed by atoms with Gasteiger partial charge in [-0.15, -0.1) is 0 Å². The molecule has 15 nitrogen and oxygen atoms in total. The number of thiazole rings is 1. The van der Waals surface area contributed by atoms with E-state index in [9.17, 15) is 19.2 Å². The molecule has 59 heavy (non-hydrogen) atoms. The number of aldehydes is 1. The minimum Gasteiger partial charge on any atom is -0.387 e. The van der Waals surface area contributed by atoms with Gasteiger partial charge in [-0.25, -0.2) is 15.0 Å². The molecule has 0 radical (unpaired) electrons. The van der Waals surface area contributed by atoms with Gasteiger partial charge < -0.3 is 30.3 Å². The molecule has 0 spiro atoms. The van der Waals surface area contributed by atoms with Gasteiger partial charge in [-0.1, -0.05) is 60.0 Å². The summed E-state index contributed by atoms with van der Waals surface area (Å²) in [4.78, 5) is 65.2. The van der Waals surface area contributed by atoms with Crippen molar-refractivity contribution in [2.45, 2.75) is 58.3 Å². The molecule has 2 aromatic heterocycles. The number of nitrogens with one attached hydrogen (secondary N) is 4. The van der Waals surface area contributed by atoms with E-state index in [0.29, 0.717) is 60.0 Å². The summed E-state index contributed by atoms with van der Waals surface area (Å²) in [6.07, 6.45) is 7.54. The Hall–Kier alpha value is -5.00. The molecule has 2 saturated heterocycles. The van der Waals surface area contributed by atoms with Crippen molar-refractivity contribution < 1.29 is 28.7 Å². The Morgan fingerprint density at radius 3 is 2.44 bits per heavy atom. The Labute approximate surface area is 354 Å². The monoisotopic (exact) mass is 847 g/mol. The molecule has 17 heteroatoms. The standard InChI is InChI=1S/C34H44N8O6S.C8H10ClN/c1-24-36-29(39-34-35-21-27(22-43)49-34)20-30(37-24)42-15-13-41(14-16-42)12-4-2-3-5-17-47-18-19-48-23-32(45)38-26-8-6-25(7-9-26)28-10-11-31(44)40-33(28)46;1-6-4-3-5-7(9)8(6)10-2/h6-9,20-22,28H,2-5,10-19,23H2,1H3,(H,38,45)(H,40,44,46)(H,35,36,37,39);3-5,10H,1-2H3. The van der Waals surface area contributed by atoms with Gasteiger partial charge in [0.2, 0.25) is 17.7 Å². The van der Waals surface area contributed by atoms with Crippen LogP contribution in [0, 0.1) is 13.8 Å². The number of hydrogen-bond donors (Lipinski definition) is 4. The van der Waals surface area contributed by atoms with E-state index >= 15 is 0 Å². The molecule has 4 aromatic rings. The third-order valence-electron chi connectivity index (χ3n) is 9.82. The van der Waals surface area contributed by atoms with E-state index in [4.69, 9.17) is 21.1 Å². The lowest BCUT2D eigenvalue weighted by atomic mass is 9.90. The Morgan fingerprint density at radius 1 is 0.983 bits per heavy atom. The van der Waals surface area contributed by atoms with Gasteiger partial charge in [0.1, 0.15) is 24.1 Å². The fourth-order valence-electron chi connectivity index (χ4n) is 6.72. The van der Waals surface area contributed by atoms with Crippen LogP contribution in [0.4, 0.5) is 28.1 Å². The topological polar surface area (TPSA) is 180 Å². The highest BCUT2D eigenvalue weighted by Gasteiger charge is 2.27. The zero-order chi connectivity index (χ0) is 42.0. The minimum absolute atomic E-state index is 0.0686. The van der Waals surface area contributed by atoms with E-state index in [2.05, 4.69) is 46.0 Å². The summed E-state index contributed by atoms with van der Waals surface area (Å²) < 4.78 is 11.1. The Balaban J connectivity index is 0.000000578. The highest BCUT2D eigenvalue weighted by molar-refractivity contribution is 7.17. The number of aromatic nitrogens is 3. The fraction of sp³-hybridized carbons (Fsp3) is 0.452. The van der Waals surface area contributed by atoms with Crippen LogP contribution in [0.5, 0.6) is 0 Å². The number of nitrogens with zero attached hydrogens (tertiary/aromatic N) is 5. The van der Waals surface area contributed by atoms with Gasteiger partial charge in [0.15, 0.2) is 11.4 Å². The zero-order valence-electron chi connectivity index (χ0n) is 33.9. The summed E-state index contributed by atoms with van der Waals surface area (Å²) >= 11 is 7.16. The zero-order valence-corrected chi connectivity index (χ0v) is 35.5. The number of ether oxygens (including phenoxy) is 2. The molecule has 0 aliphatic carbocycles. The van der Waals surface area contributed by atoms with Crippen molar-refractivity contribution in [3.05, 3.63) is 81.6 Å². The number of imide groups is 1. The second-order valence-corrected chi connectivity index (χ2v) is 15.7. The van der Waals surface area contributed by atoms with Crippen LogP contribution in [0.2, 0.25) is 5.02 Å². The SMILES string of the molecule is CNc1c(C)cccc1Cl.Cc1nc(Nc2ncc(C=O)s2)cc(N2CCN(CCCCCCOCCOCC(=O)Nc3ccc(C4CCC(=O)NC4=O)cc3)CC2)n1. The van der Waals surface area contributed by atoms with Gasteiger partial charge >= 0.3 is 0 Å². The number of aryl methyl sites for hydroxylation is 2. The van der Waals surface area contributed by atoms with Crippen molar-refractivity contribution in [1.82, 2.24) is 25.2 Å². The van der Waals surface area contributed by atoms with Crippen LogP contribution in [-0.4, -0.2) is 110 Å². The molecule has 2 aromatic carbocycles. The smallest absolute Gasteiger partial charge is 0.250 e. The lowest BCUT2D eigenvalue weighted by molar-refractivity contribution is -0.134. The van der Waals surface area contributed by atoms with Crippen molar-refractivity contribution in [3.63, 3.8) is 0 Å². The summed E-state index contributed by atoms with van der Waals surface area (Å²) in [5.41, 5.74) is 3.63. The lowest BCUT2D eigenvalue weighted by Gasteiger charge is -2.35. The summed E-state index contributed by atoms with van der Waals surface area (Å²) in [6, 6.07) is 14.9. The Bertz CT molecular complexity index is 1970. The molecule has 3 amide bonds. The maximum Gasteiger partial charge on any atom is 0.250 e. The number of halogens is 1. The molecular formula is C42H54ClN9O6S. The van der Waals surface area contributed by atoms with Gasteiger partial charge in [-0.05, 0) is 69.0 Å². The number of carbonyl (C=O) groups excluding carboxylic acids is 4. The number of amides is 3. The van der Waals surface area contributed by atoms with Crippen molar-refractivity contribution >= 4 is 75.1 Å². The van der Waals surface area contributed by atoms with E-state index in [0.717, 1.165) is 86.8 Å². The van der Waals surface area contributed by atoms with Gasteiger partial charge in [-0.2, -0.15) is 0 Å². The maximum absolute atomic E-state index is 12.2. The average molecular weight is 848 g/mol. The molecule has 2 aliphatic heterocycles. The molecule has 6 rings (SSSR count). The summed E-state index contributed by atoms with van der Waals surface area (Å²) in [5.74, 6) is 1.12. The van der Waals surface area contributed by atoms with Crippen LogP contribution >= 0.6 is 22.9 Å². The molecule has 4 heterocycles. The highest BCUT2D eigenvalue weighted by atomic mass is 35.5. The van der Waals surface area contributed by atoms with Crippen LogP contribution in [0.1, 0.15) is 71.1 Å². The van der Waals surface area contributed by atoms with Gasteiger partial charge in [0.05, 0.1) is 40.9 Å². The fourth-order valence-corrected chi connectivity index (χ4v) is 7.67. The normalized spacial score (nSPS) is 15.5. The number of anilines is 5. The van der Waals surface area contributed by atoms with E-state index in [1.807, 2.05) is 45.2 Å². The third-order valence-corrected chi connectivity index (χ3v) is 11.0. The number of carbonyl (C=O) groups is 4. The van der Waals surface area contributed by atoms with Crippen LogP contribution in [0.3, 0.4) is 0 Å². The van der Waals surface area contributed by atoms with Crippen molar-refractivity contribution in [3.8, 4) is 0 Å². The van der Waals surface area contributed by atoms with Crippen molar-refractivity contribution in [2.24, 2.45) is 0 Å². The average Bonchev–Trinajstić information content (AvgIpc) is 3.68. The van der Waals surface area contributed by atoms with Crippen LogP contribution in [0.25, 0.3) is 0 Å². The number of unbranched alkanes of at least 4 members (excludes halogenated alkanes) is 3. The number of para-hydroxylation sites is 1. The number of piperidine rings is 1. The molecule has 2 aliphatic rings. The Kier molecular flexibility index (Phi) is 18.0. The molecule has 2 fully saturated rings. The van der Waals surface area contributed by atoms with Gasteiger partial charge in [0.25, 0.3) is 0 Å². The van der Waals surface area contributed by atoms with Crippen molar-refractivity contribution in [2.75, 3.05) is 87.0 Å². The quantitative estimate of drug-likeness (QED) is 0.0466. The molecule has 0 saturated carbocycles. The first-order valence-corrected chi connectivity index (χ1v) is 21.1. The number of benzene rings is 2. The number of hydrogen-bond acceptors (Lipinski definition) is 14. The molecule has 1 unspecified atom stereocenters. The molecule has 316 valence electrons. The van der Waals surface area contributed by atoms with Crippen LogP contribution in [-0.2, 0) is 23.9 Å². The molecule has 0 bridgehead atoms.